The Kier molecular flexibility index (Phi) is 6.64. The van der Waals surface area contributed by atoms with E-state index in [1.54, 1.807) is 11.1 Å². The van der Waals surface area contributed by atoms with Gasteiger partial charge in [0.2, 0.25) is 0 Å². The lowest BCUT2D eigenvalue weighted by Gasteiger charge is -2.33. The topological polar surface area (TPSA) is 59.5 Å². The Balaban J connectivity index is 1.89. The number of piperidine rings is 1. The second-order valence-corrected chi connectivity index (χ2v) is 8.96. The number of hydrogen-bond acceptors (Lipinski definition) is 4. The van der Waals surface area contributed by atoms with Crippen molar-refractivity contribution in [3.05, 3.63) is 26.0 Å². The fraction of sp³-hybridized carbons (Fsp3) is 0.588. The van der Waals surface area contributed by atoms with Gasteiger partial charge in [0.1, 0.15) is 16.0 Å². The van der Waals surface area contributed by atoms with Gasteiger partial charge in [-0.2, -0.15) is 0 Å². The molecule has 0 radical (unpaired) electrons. The summed E-state index contributed by atoms with van der Waals surface area (Å²) < 4.78 is 7.12. The zero-order valence-corrected chi connectivity index (χ0v) is 17.9. The van der Waals surface area contributed by atoms with Crippen LogP contribution in [-0.2, 0) is 16.0 Å². The van der Waals surface area contributed by atoms with E-state index < -0.39 is 5.60 Å². The molecule has 0 bridgehead atoms. The lowest BCUT2D eigenvalue weighted by atomic mass is 9.89. The zero-order valence-electron chi connectivity index (χ0n) is 14.1. The summed E-state index contributed by atoms with van der Waals surface area (Å²) in [5.41, 5.74) is 0.506. The van der Waals surface area contributed by atoms with Crippen molar-refractivity contribution in [1.82, 2.24) is 9.88 Å². The third kappa shape index (κ3) is 5.68. The van der Waals surface area contributed by atoms with Gasteiger partial charge in [-0.3, -0.25) is 4.79 Å². The van der Waals surface area contributed by atoms with Crippen molar-refractivity contribution in [1.29, 1.82) is 0 Å². The first-order valence-corrected chi connectivity index (χ1v) is 9.83. The summed E-state index contributed by atoms with van der Waals surface area (Å²) in [6.45, 7) is 6.71. The summed E-state index contributed by atoms with van der Waals surface area (Å²) in [6, 6.07) is 1.90. The molecule has 0 atom stereocenters. The molecule has 1 fully saturated rings. The predicted octanol–water partition coefficient (Wildman–Crippen LogP) is 4.21. The van der Waals surface area contributed by atoms with Gasteiger partial charge in [-0.1, -0.05) is 0 Å². The van der Waals surface area contributed by atoms with Crippen LogP contribution in [0.2, 0.25) is 0 Å². The van der Waals surface area contributed by atoms with Crippen LogP contribution in [-0.4, -0.2) is 40.5 Å². The monoisotopic (exact) mass is 508 g/mol. The first-order chi connectivity index (χ1) is 11.2. The summed E-state index contributed by atoms with van der Waals surface area (Å²) in [5, 5.41) is 0. The Hall–Kier alpha value is -0.700. The number of halogens is 2. The number of ether oxygens (including phenoxy) is 1. The molecule has 24 heavy (non-hydrogen) atoms. The standard InChI is InChI=1S/C17H22BrIN2O3/c1-17(2,3)24-16(23)21-6-4-11(5-7-21)14(22)8-12-9-15(18)20-10-13(12)19/h9-11H,4-8H2,1-3H3. The number of pyridine rings is 1. The number of carbonyl (C=O) groups is 2. The first-order valence-electron chi connectivity index (χ1n) is 7.96. The molecule has 0 aliphatic carbocycles. The third-order valence-corrected chi connectivity index (χ3v) is 5.27. The maximum absolute atomic E-state index is 12.6. The number of Topliss-reactive ketones (excluding diaryl/α,β-unsaturated/α-hetero) is 1. The maximum Gasteiger partial charge on any atom is 0.410 e. The lowest BCUT2D eigenvalue weighted by molar-refractivity contribution is -0.123. The molecular weight excluding hydrogens is 487 g/mol. The number of amides is 1. The molecule has 2 heterocycles. The molecule has 132 valence electrons. The molecule has 1 aromatic rings. The van der Waals surface area contributed by atoms with E-state index in [2.05, 4.69) is 43.5 Å². The van der Waals surface area contributed by atoms with Crippen molar-refractivity contribution >= 4 is 50.4 Å². The Morgan fingerprint density at radius 3 is 2.58 bits per heavy atom. The van der Waals surface area contributed by atoms with Gasteiger partial charge in [-0.05, 0) is 83.8 Å². The highest BCUT2D eigenvalue weighted by Gasteiger charge is 2.30. The number of hydrogen-bond donors (Lipinski definition) is 0. The molecule has 1 saturated heterocycles. The molecule has 0 N–H and O–H groups in total. The smallest absolute Gasteiger partial charge is 0.410 e. The highest BCUT2D eigenvalue weighted by molar-refractivity contribution is 14.1. The quantitative estimate of drug-likeness (QED) is 0.453. The highest BCUT2D eigenvalue weighted by atomic mass is 127. The largest absolute Gasteiger partial charge is 0.444 e. The minimum absolute atomic E-state index is 0.00595. The van der Waals surface area contributed by atoms with E-state index in [1.807, 2.05) is 26.8 Å². The molecule has 0 unspecified atom stereocenters. The van der Waals surface area contributed by atoms with Crippen LogP contribution in [0.15, 0.2) is 16.9 Å². The van der Waals surface area contributed by atoms with Gasteiger partial charge in [0, 0.05) is 35.2 Å². The number of likely N-dealkylation sites (tertiary alicyclic amines) is 1. The lowest BCUT2D eigenvalue weighted by Crippen LogP contribution is -2.43. The van der Waals surface area contributed by atoms with Gasteiger partial charge < -0.3 is 9.64 Å². The van der Waals surface area contributed by atoms with E-state index in [9.17, 15) is 9.59 Å². The van der Waals surface area contributed by atoms with Crippen LogP contribution in [0.4, 0.5) is 4.79 Å². The molecule has 2 rings (SSSR count). The van der Waals surface area contributed by atoms with Crippen LogP contribution in [0.1, 0.15) is 39.2 Å². The van der Waals surface area contributed by atoms with Crippen molar-refractivity contribution in [2.45, 2.75) is 45.6 Å². The van der Waals surface area contributed by atoms with E-state index in [0.29, 0.717) is 32.4 Å². The maximum atomic E-state index is 12.6. The van der Waals surface area contributed by atoms with Gasteiger partial charge in [0.15, 0.2) is 0 Å². The summed E-state index contributed by atoms with van der Waals surface area (Å²) >= 11 is 5.55. The summed E-state index contributed by atoms with van der Waals surface area (Å²) in [5.74, 6) is 0.237. The normalized spacial score (nSPS) is 16.1. The van der Waals surface area contributed by atoms with Crippen LogP contribution < -0.4 is 0 Å². The minimum Gasteiger partial charge on any atom is -0.444 e. The average Bonchev–Trinajstić information content (AvgIpc) is 2.49. The van der Waals surface area contributed by atoms with Crippen LogP contribution in [0.5, 0.6) is 0 Å². The Morgan fingerprint density at radius 2 is 2.00 bits per heavy atom. The third-order valence-electron chi connectivity index (χ3n) is 3.87. The summed E-state index contributed by atoms with van der Waals surface area (Å²) in [4.78, 5) is 30.5. The molecule has 0 spiro atoms. The number of rotatable bonds is 3. The molecule has 1 aliphatic rings. The highest BCUT2D eigenvalue weighted by Crippen LogP contribution is 2.23. The Bertz CT molecular complexity index is 623. The van der Waals surface area contributed by atoms with E-state index in [0.717, 1.165) is 13.7 Å². The molecule has 0 aromatic carbocycles. The van der Waals surface area contributed by atoms with Crippen LogP contribution in [0.25, 0.3) is 0 Å². The van der Waals surface area contributed by atoms with Crippen molar-refractivity contribution in [2.24, 2.45) is 5.92 Å². The van der Waals surface area contributed by atoms with Gasteiger partial charge in [-0.25, -0.2) is 9.78 Å². The second-order valence-electron chi connectivity index (χ2n) is 6.98. The molecule has 7 heteroatoms. The number of carbonyl (C=O) groups excluding carboxylic acids is 2. The summed E-state index contributed by atoms with van der Waals surface area (Å²) in [6.07, 6.45) is 3.28. The van der Waals surface area contributed by atoms with E-state index in [1.165, 1.54) is 0 Å². The van der Waals surface area contributed by atoms with E-state index in [4.69, 9.17) is 4.74 Å². The van der Waals surface area contributed by atoms with Crippen molar-refractivity contribution in [3.63, 3.8) is 0 Å². The number of aromatic nitrogens is 1. The molecule has 1 amide bonds. The van der Waals surface area contributed by atoms with Crippen molar-refractivity contribution in [2.75, 3.05) is 13.1 Å². The van der Waals surface area contributed by atoms with Crippen LogP contribution in [0, 0.1) is 9.49 Å². The number of ketones is 1. The fourth-order valence-electron chi connectivity index (χ4n) is 2.63. The van der Waals surface area contributed by atoms with Gasteiger partial charge in [0.05, 0.1) is 0 Å². The van der Waals surface area contributed by atoms with Gasteiger partial charge >= 0.3 is 6.09 Å². The van der Waals surface area contributed by atoms with Gasteiger partial charge in [-0.15, -0.1) is 0 Å². The second kappa shape index (κ2) is 8.12. The predicted molar refractivity (Wildman–Crippen MR) is 104 cm³/mol. The average molecular weight is 509 g/mol. The van der Waals surface area contributed by atoms with E-state index >= 15 is 0 Å². The molecular formula is C17H22BrIN2O3. The molecule has 1 aromatic heterocycles. The number of nitrogens with zero attached hydrogens (tertiary/aromatic N) is 2. The Morgan fingerprint density at radius 1 is 1.38 bits per heavy atom. The molecule has 5 nitrogen and oxygen atoms in total. The van der Waals surface area contributed by atoms with Crippen LogP contribution >= 0.6 is 38.5 Å². The molecule has 1 aliphatic heterocycles. The molecule has 0 saturated carbocycles. The summed E-state index contributed by atoms with van der Waals surface area (Å²) in [7, 11) is 0. The van der Waals surface area contributed by atoms with Crippen molar-refractivity contribution in [3.8, 4) is 0 Å². The van der Waals surface area contributed by atoms with Crippen LogP contribution in [0.3, 0.4) is 0 Å². The first kappa shape index (κ1) is 19.6. The Labute approximate surface area is 164 Å². The minimum atomic E-state index is -0.491. The van der Waals surface area contributed by atoms with E-state index in [-0.39, 0.29) is 17.8 Å². The van der Waals surface area contributed by atoms with Crippen molar-refractivity contribution < 1.29 is 14.3 Å². The zero-order chi connectivity index (χ0) is 17.9. The SMILES string of the molecule is CC(C)(C)OC(=O)N1CCC(C(=O)Cc2cc(Br)ncc2I)CC1. The fourth-order valence-corrected chi connectivity index (χ4v) is 3.49. The van der Waals surface area contributed by atoms with Gasteiger partial charge in [0.25, 0.3) is 0 Å².